The largest absolute Gasteiger partial charge is 0.467 e. The summed E-state index contributed by atoms with van der Waals surface area (Å²) in [6.07, 6.45) is 0.920. The Morgan fingerprint density at radius 3 is 2.90 bits per heavy atom. The third-order valence-electron chi connectivity index (χ3n) is 1.32. The second-order valence-electron chi connectivity index (χ2n) is 2.17. The lowest BCUT2D eigenvalue weighted by atomic mass is 10.2. The average molecular weight is 142 g/mol. The number of aliphatic hydroxyl groups is 1. The molecular weight excluding hydrogens is 132 g/mol. The van der Waals surface area contributed by atoms with E-state index in [0.717, 1.165) is 0 Å². The Bertz CT molecular complexity index is 177. The van der Waals surface area contributed by atoms with Crippen LogP contribution in [0.15, 0.2) is 9.98 Å². The standard InChI is InChI=1S/C6H10N2O2/c1-4-3-7-6(10-2)8-5(4)9/h3-5,9H,1-2H3/t4?,5-/m1/s1. The van der Waals surface area contributed by atoms with Gasteiger partial charge in [0.1, 0.15) is 0 Å². The van der Waals surface area contributed by atoms with Gasteiger partial charge in [-0.05, 0) is 0 Å². The van der Waals surface area contributed by atoms with Gasteiger partial charge in [0.05, 0.1) is 7.11 Å². The molecule has 4 nitrogen and oxygen atoms in total. The lowest BCUT2D eigenvalue weighted by molar-refractivity contribution is 0.150. The van der Waals surface area contributed by atoms with Crippen molar-refractivity contribution in [3.05, 3.63) is 0 Å². The molecule has 0 aromatic heterocycles. The third kappa shape index (κ3) is 1.33. The molecule has 10 heavy (non-hydrogen) atoms. The molecule has 2 atom stereocenters. The van der Waals surface area contributed by atoms with Gasteiger partial charge in [-0.1, -0.05) is 6.92 Å². The molecule has 0 aliphatic carbocycles. The van der Waals surface area contributed by atoms with Gasteiger partial charge in [-0.3, -0.25) is 0 Å². The first-order chi connectivity index (χ1) is 4.74. The Kier molecular flexibility index (Phi) is 2.01. The smallest absolute Gasteiger partial charge is 0.313 e. The molecule has 1 N–H and O–H groups in total. The van der Waals surface area contributed by atoms with Crippen molar-refractivity contribution in [1.29, 1.82) is 0 Å². The Balaban J connectivity index is 2.66. The number of hydrogen-bond donors (Lipinski definition) is 1. The van der Waals surface area contributed by atoms with E-state index in [4.69, 9.17) is 9.84 Å². The van der Waals surface area contributed by atoms with E-state index in [1.807, 2.05) is 6.92 Å². The van der Waals surface area contributed by atoms with Gasteiger partial charge in [0.2, 0.25) is 0 Å². The second-order valence-corrected chi connectivity index (χ2v) is 2.17. The van der Waals surface area contributed by atoms with Crippen LogP contribution in [0.25, 0.3) is 0 Å². The van der Waals surface area contributed by atoms with E-state index in [0.29, 0.717) is 0 Å². The molecule has 0 amide bonds. The van der Waals surface area contributed by atoms with Crippen molar-refractivity contribution in [1.82, 2.24) is 0 Å². The minimum Gasteiger partial charge on any atom is -0.467 e. The highest BCUT2D eigenvalue weighted by Crippen LogP contribution is 2.06. The van der Waals surface area contributed by atoms with E-state index in [-0.39, 0.29) is 11.9 Å². The van der Waals surface area contributed by atoms with Crippen molar-refractivity contribution in [2.45, 2.75) is 13.2 Å². The van der Waals surface area contributed by atoms with E-state index in [9.17, 15) is 0 Å². The minimum absolute atomic E-state index is 0.0149. The number of ether oxygens (including phenoxy) is 1. The van der Waals surface area contributed by atoms with Crippen molar-refractivity contribution >= 4 is 12.2 Å². The molecule has 4 heteroatoms. The summed E-state index contributed by atoms with van der Waals surface area (Å²) in [5, 5.41) is 9.12. The van der Waals surface area contributed by atoms with Crippen molar-refractivity contribution in [3.8, 4) is 0 Å². The molecular formula is C6H10N2O2. The van der Waals surface area contributed by atoms with Gasteiger partial charge in [0, 0.05) is 12.1 Å². The summed E-state index contributed by atoms with van der Waals surface area (Å²) in [6, 6.07) is 0.241. The summed E-state index contributed by atoms with van der Waals surface area (Å²) in [6.45, 7) is 1.84. The summed E-state index contributed by atoms with van der Waals surface area (Å²) in [4.78, 5) is 7.56. The zero-order valence-electron chi connectivity index (χ0n) is 5.98. The Morgan fingerprint density at radius 2 is 2.40 bits per heavy atom. The summed E-state index contributed by atoms with van der Waals surface area (Å²) < 4.78 is 4.70. The first-order valence-electron chi connectivity index (χ1n) is 3.08. The van der Waals surface area contributed by atoms with Crippen LogP contribution in [0, 0.1) is 5.92 Å². The first kappa shape index (κ1) is 7.21. The van der Waals surface area contributed by atoms with Crippen LogP contribution in [0.4, 0.5) is 0 Å². The zero-order chi connectivity index (χ0) is 7.56. The number of methoxy groups -OCH3 is 1. The van der Waals surface area contributed by atoms with Crippen LogP contribution in [0.1, 0.15) is 6.92 Å². The van der Waals surface area contributed by atoms with Crippen molar-refractivity contribution < 1.29 is 9.84 Å². The quantitative estimate of drug-likeness (QED) is 0.518. The molecule has 1 rings (SSSR count). The molecule has 0 saturated carbocycles. The SMILES string of the molecule is COC1=N[C@H](O)C(C)C=N1. The van der Waals surface area contributed by atoms with Crippen LogP contribution in [0.2, 0.25) is 0 Å². The summed E-state index contributed by atoms with van der Waals surface area (Å²) in [5.74, 6) is -0.0149. The highest BCUT2D eigenvalue weighted by Gasteiger charge is 2.15. The number of rotatable bonds is 0. The minimum atomic E-state index is -0.701. The second kappa shape index (κ2) is 2.79. The van der Waals surface area contributed by atoms with Gasteiger partial charge in [-0.2, -0.15) is 0 Å². The normalized spacial score (nSPS) is 31.7. The van der Waals surface area contributed by atoms with Gasteiger partial charge in [-0.15, -0.1) is 0 Å². The zero-order valence-corrected chi connectivity index (χ0v) is 5.98. The summed E-state index contributed by atoms with van der Waals surface area (Å²) in [5.41, 5.74) is 0. The molecule has 1 aliphatic rings. The van der Waals surface area contributed by atoms with Gasteiger partial charge < -0.3 is 9.84 Å². The third-order valence-corrected chi connectivity index (χ3v) is 1.32. The first-order valence-corrected chi connectivity index (χ1v) is 3.08. The van der Waals surface area contributed by atoms with Crippen LogP contribution in [0.5, 0.6) is 0 Å². The van der Waals surface area contributed by atoms with E-state index in [1.165, 1.54) is 7.11 Å². The van der Waals surface area contributed by atoms with Crippen molar-refractivity contribution in [3.63, 3.8) is 0 Å². The fourth-order valence-electron chi connectivity index (χ4n) is 0.628. The maximum Gasteiger partial charge on any atom is 0.313 e. The maximum absolute atomic E-state index is 9.12. The fraction of sp³-hybridized carbons (Fsp3) is 0.667. The average Bonchev–Trinajstić information content (AvgIpc) is 1.95. The fourth-order valence-corrected chi connectivity index (χ4v) is 0.628. The summed E-state index contributed by atoms with van der Waals surface area (Å²) >= 11 is 0. The van der Waals surface area contributed by atoms with Crippen molar-refractivity contribution in [2.75, 3.05) is 7.11 Å². The van der Waals surface area contributed by atoms with E-state index >= 15 is 0 Å². The molecule has 1 unspecified atom stereocenters. The van der Waals surface area contributed by atoms with Crippen LogP contribution >= 0.6 is 0 Å². The van der Waals surface area contributed by atoms with Crippen LogP contribution in [0.3, 0.4) is 0 Å². The highest BCUT2D eigenvalue weighted by molar-refractivity contribution is 5.86. The highest BCUT2D eigenvalue weighted by atomic mass is 16.5. The van der Waals surface area contributed by atoms with E-state index in [2.05, 4.69) is 9.98 Å². The van der Waals surface area contributed by atoms with Crippen LogP contribution < -0.4 is 0 Å². The van der Waals surface area contributed by atoms with Gasteiger partial charge in [0.25, 0.3) is 0 Å². The number of amidine groups is 1. The number of aliphatic imine (C=N–C) groups is 2. The predicted molar refractivity (Wildman–Crippen MR) is 38.1 cm³/mol. The molecule has 0 fully saturated rings. The molecule has 56 valence electrons. The summed E-state index contributed by atoms with van der Waals surface area (Å²) in [7, 11) is 1.47. The number of nitrogens with zero attached hydrogens (tertiary/aromatic N) is 2. The van der Waals surface area contributed by atoms with Gasteiger partial charge in [-0.25, -0.2) is 9.98 Å². The van der Waals surface area contributed by atoms with E-state index in [1.54, 1.807) is 6.21 Å². The topological polar surface area (TPSA) is 54.2 Å². The predicted octanol–water partition coefficient (Wildman–Crippen LogP) is 0.0277. The Labute approximate surface area is 59.3 Å². The number of aliphatic hydroxyl groups excluding tert-OH is 1. The van der Waals surface area contributed by atoms with Gasteiger partial charge >= 0.3 is 6.02 Å². The lowest BCUT2D eigenvalue weighted by Crippen LogP contribution is -2.23. The van der Waals surface area contributed by atoms with Gasteiger partial charge in [0.15, 0.2) is 6.23 Å². The molecule has 0 saturated heterocycles. The monoisotopic (exact) mass is 142 g/mol. The maximum atomic E-state index is 9.12. The molecule has 0 aromatic rings. The lowest BCUT2D eigenvalue weighted by Gasteiger charge is -2.14. The molecule has 1 heterocycles. The molecule has 0 bridgehead atoms. The molecule has 0 spiro atoms. The Hall–Kier alpha value is -0.900. The molecule has 0 aromatic carbocycles. The molecule has 0 radical (unpaired) electrons. The number of hydrogen-bond acceptors (Lipinski definition) is 4. The van der Waals surface area contributed by atoms with Crippen molar-refractivity contribution in [2.24, 2.45) is 15.9 Å². The van der Waals surface area contributed by atoms with Crippen LogP contribution in [-0.2, 0) is 4.74 Å². The van der Waals surface area contributed by atoms with Crippen LogP contribution in [-0.4, -0.2) is 30.7 Å². The molecule has 1 aliphatic heterocycles. The van der Waals surface area contributed by atoms with E-state index < -0.39 is 6.23 Å². The Morgan fingerprint density at radius 1 is 1.70 bits per heavy atom.